The van der Waals surface area contributed by atoms with Crippen LogP contribution in [-0.2, 0) is 11.2 Å². The molecule has 0 atom stereocenters. The van der Waals surface area contributed by atoms with Crippen LogP contribution in [0.4, 0.5) is 0 Å². The molecular formula is C23H26N2O5. The Kier molecular flexibility index (Phi) is 6.40. The number of imide groups is 1. The highest BCUT2D eigenvalue weighted by Gasteiger charge is 2.35. The van der Waals surface area contributed by atoms with Gasteiger partial charge in [0, 0.05) is 26.6 Å². The molecule has 2 aromatic rings. The highest BCUT2D eigenvalue weighted by atomic mass is 16.5. The molecule has 0 radical (unpaired) electrons. The maximum absolute atomic E-state index is 12.5. The van der Waals surface area contributed by atoms with Crippen LogP contribution in [0.2, 0.25) is 0 Å². The first-order chi connectivity index (χ1) is 14.3. The second-order valence-corrected chi connectivity index (χ2v) is 7.32. The van der Waals surface area contributed by atoms with E-state index in [-0.39, 0.29) is 30.7 Å². The fourth-order valence-corrected chi connectivity index (χ4v) is 3.46. The van der Waals surface area contributed by atoms with Gasteiger partial charge in [-0.1, -0.05) is 17.7 Å². The molecule has 7 nitrogen and oxygen atoms in total. The summed E-state index contributed by atoms with van der Waals surface area (Å²) in [6.45, 7) is 2.46. The van der Waals surface area contributed by atoms with Gasteiger partial charge in [-0.05, 0) is 43.2 Å². The van der Waals surface area contributed by atoms with Crippen LogP contribution in [0.3, 0.4) is 0 Å². The van der Waals surface area contributed by atoms with E-state index < -0.39 is 0 Å². The molecule has 0 bridgehead atoms. The van der Waals surface area contributed by atoms with Crippen molar-refractivity contribution in [3.63, 3.8) is 0 Å². The third-order valence-corrected chi connectivity index (χ3v) is 5.29. The van der Waals surface area contributed by atoms with Gasteiger partial charge in [0.25, 0.3) is 11.8 Å². The molecule has 158 valence electrons. The Bertz CT molecular complexity index is 986. The number of carbonyl (C=O) groups excluding carboxylic acids is 3. The number of carbonyl (C=O) groups is 3. The molecule has 3 amide bonds. The number of benzene rings is 2. The maximum atomic E-state index is 12.5. The second-order valence-electron chi connectivity index (χ2n) is 7.32. The lowest BCUT2D eigenvalue weighted by Crippen LogP contribution is -2.36. The molecule has 0 unspecified atom stereocenters. The molecule has 30 heavy (non-hydrogen) atoms. The summed E-state index contributed by atoms with van der Waals surface area (Å²) < 4.78 is 10.5. The summed E-state index contributed by atoms with van der Waals surface area (Å²) in [7, 11) is 4.88. The first-order valence-corrected chi connectivity index (χ1v) is 9.77. The van der Waals surface area contributed by atoms with Gasteiger partial charge in [0.2, 0.25) is 5.91 Å². The van der Waals surface area contributed by atoms with Crippen molar-refractivity contribution in [1.29, 1.82) is 0 Å². The molecule has 0 saturated heterocycles. The summed E-state index contributed by atoms with van der Waals surface area (Å²) in [6, 6.07) is 10.8. The minimum Gasteiger partial charge on any atom is -0.493 e. The summed E-state index contributed by atoms with van der Waals surface area (Å²) in [5.41, 5.74) is 2.75. The smallest absolute Gasteiger partial charge is 0.261 e. The lowest BCUT2D eigenvalue weighted by atomic mass is 10.1. The van der Waals surface area contributed by atoms with E-state index in [9.17, 15) is 14.4 Å². The first kappa shape index (κ1) is 21.4. The van der Waals surface area contributed by atoms with E-state index in [0.717, 1.165) is 16.0 Å². The SMILES string of the molecule is COc1ccc(CCN(C)C(=O)CCN2C(=O)c3ccc(C)cc3C2=O)cc1OC. The minimum absolute atomic E-state index is 0.0743. The van der Waals surface area contributed by atoms with Crippen LogP contribution in [0, 0.1) is 6.92 Å². The summed E-state index contributed by atoms with van der Waals surface area (Å²) in [6.07, 6.45) is 0.738. The fraction of sp³-hybridized carbons (Fsp3) is 0.348. The summed E-state index contributed by atoms with van der Waals surface area (Å²) in [4.78, 5) is 40.3. The van der Waals surface area contributed by atoms with Crippen LogP contribution < -0.4 is 9.47 Å². The molecule has 1 aliphatic heterocycles. The van der Waals surface area contributed by atoms with Crippen molar-refractivity contribution in [2.24, 2.45) is 0 Å². The summed E-state index contributed by atoms with van der Waals surface area (Å²) >= 11 is 0. The average molecular weight is 410 g/mol. The monoisotopic (exact) mass is 410 g/mol. The molecule has 0 aliphatic carbocycles. The van der Waals surface area contributed by atoms with Crippen LogP contribution >= 0.6 is 0 Å². The van der Waals surface area contributed by atoms with Crippen molar-refractivity contribution < 1.29 is 23.9 Å². The summed E-state index contributed by atoms with van der Waals surface area (Å²) in [5.74, 6) is 0.505. The fourth-order valence-electron chi connectivity index (χ4n) is 3.46. The largest absolute Gasteiger partial charge is 0.493 e. The number of fused-ring (bicyclic) bond motifs is 1. The van der Waals surface area contributed by atoms with Crippen molar-refractivity contribution in [3.8, 4) is 11.5 Å². The zero-order valence-electron chi connectivity index (χ0n) is 17.7. The number of hydrogen-bond donors (Lipinski definition) is 0. The van der Waals surface area contributed by atoms with Gasteiger partial charge in [0.05, 0.1) is 25.3 Å². The molecular weight excluding hydrogens is 384 g/mol. The Morgan fingerprint density at radius 3 is 2.37 bits per heavy atom. The predicted molar refractivity (Wildman–Crippen MR) is 112 cm³/mol. The lowest BCUT2D eigenvalue weighted by molar-refractivity contribution is -0.129. The molecule has 2 aromatic carbocycles. The summed E-state index contributed by atoms with van der Waals surface area (Å²) in [5, 5.41) is 0. The zero-order valence-corrected chi connectivity index (χ0v) is 17.7. The molecule has 1 heterocycles. The van der Waals surface area contributed by atoms with E-state index >= 15 is 0 Å². The Morgan fingerprint density at radius 1 is 0.967 bits per heavy atom. The highest BCUT2D eigenvalue weighted by Crippen LogP contribution is 2.28. The van der Waals surface area contributed by atoms with Crippen molar-refractivity contribution in [1.82, 2.24) is 9.80 Å². The van der Waals surface area contributed by atoms with E-state index in [2.05, 4.69) is 0 Å². The zero-order chi connectivity index (χ0) is 21.8. The molecule has 0 N–H and O–H groups in total. The van der Waals surface area contributed by atoms with E-state index in [1.807, 2.05) is 25.1 Å². The second kappa shape index (κ2) is 8.98. The first-order valence-electron chi connectivity index (χ1n) is 9.77. The van der Waals surface area contributed by atoms with Gasteiger partial charge in [-0.15, -0.1) is 0 Å². The maximum Gasteiger partial charge on any atom is 0.261 e. The molecule has 7 heteroatoms. The number of methoxy groups -OCH3 is 2. The molecule has 0 fully saturated rings. The van der Waals surface area contributed by atoms with Crippen molar-refractivity contribution in [2.75, 3.05) is 34.4 Å². The molecule has 1 aliphatic rings. The standard InChI is InChI=1S/C23H26N2O5/c1-15-5-7-17-18(13-15)23(28)25(22(17)27)12-10-21(26)24(2)11-9-16-6-8-19(29-3)20(14-16)30-4/h5-8,13-14H,9-12H2,1-4H3. The van der Waals surface area contributed by atoms with Gasteiger partial charge in [-0.25, -0.2) is 0 Å². The minimum atomic E-state index is -0.337. The van der Waals surface area contributed by atoms with Crippen molar-refractivity contribution >= 4 is 17.7 Å². The molecule has 3 rings (SSSR count). The molecule has 0 spiro atoms. The predicted octanol–water partition coefficient (Wildman–Crippen LogP) is 2.70. The van der Waals surface area contributed by atoms with E-state index in [1.165, 1.54) is 0 Å². The third kappa shape index (κ3) is 4.30. The van der Waals surface area contributed by atoms with Crippen molar-refractivity contribution in [3.05, 3.63) is 58.7 Å². The number of aryl methyl sites for hydroxylation is 1. The van der Waals surface area contributed by atoms with Crippen LogP contribution in [0.25, 0.3) is 0 Å². The van der Waals surface area contributed by atoms with Gasteiger partial charge in [0.1, 0.15) is 0 Å². The van der Waals surface area contributed by atoms with Gasteiger partial charge >= 0.3 is 0 Å². The number of ether oxygens (including phenoxy) is 2. The molecule has 0 aromatic heterocycles. The lowest BCUT2D eigenvalue weighted by Gasteiger charge is -2.19. The van der Waals surface area contributed by atoms with Gasteiger partial charge < -0.3 is 14.4 Å². The van der Waals surface area contributed by atoms with Gasteiger partial charge in [-0.2, -0.15) is 0 Å². The number of likely N-dealkylation sites (N-methyl/N-ethyl adjacent to an activating group) is 1. The number of amides is 3. The highest BCUT2D eigenvalue weighted by molar-refractivity contribution is 6.21. The third-order valence-electron chi connectivity index (χ3n) is 5.29. The van der Waals surface area contributed by atoms with E-state index in [4.69, 9.17) is 9.47 Å². The Balaban J connectivity index is 1.54. The Hall–Kier alpha value is -3.35. The van der Waals surface area contributed by atoms with Crippen molar-refractivity contribution in [2.45, 2.75) is 19.8 Å². The quantitative estimate of drug-likeness (QED) is 0.626. The van der Waals surface area contributed by atoms with Gasteiger partial charge in [-0.3, -0.25) is 19.3 Å². The Morgan fingerprint density at radius 2 is 1.67 bits per heavy atom. The van der Waals surface area contributed by atoms with Crippen LogP contribution in [0.15, 0.2) is 36.4 Å². The normalized spacial score (nSPS) is 12.7. The topological polar surface area (TPSA) is 76.2 Å². The molecule has 0 saturated carbocycles. The number of rotatable bonds is 8. The number of hydrogen-bond acceptors (Lipinski definition) is 5. The van der Waals surface area contributed by atoms with Crippen LogP contribution in [-0.4, -0.2) is 61.9 Å². The van der Waals surface area contributed by atoms with Crippen LogP contribution in [0.5, 0.6) is 11.5 Å². The Labute approximate surface area is 176 Å². The average Bonchev–Trinajstić information content (AvgIpc) is 2.99. The van der Waals surface area contributed by atoms with E-state index in [1.54, 1.807) is 44.4 Å². The van der Waals surface area contributed by atoms with Crippen LogP contribution in [0.1, 0.15) is 38.3 Å². The number of nitrogens with zero attached hydrogens (tertiary/aromatic N) is 2. The van der Waals surface area contributed by atoms with E-state index in [0.29, 0.717) is 35.6 Å². The van der Waals surface area contributed by atoms with Gasteiger partial charge in [0.15, 0.2) is 11.5 Å².